The van der Waals surface area contributed by atoms with Crippen LogP contribution in [0.5, 0.6) is 5.75 Å². The lowest BCUT2D eigenvalue weighted by Gasteiger charge is -2.34. The molecule has 5 aromatic rings. The number of fused-ring (bicyclic) bond motifs is 2. The summed E-state index contributed by atoms with van der Waals surface area (Å²) in [5, 5.41) is 9.98. The predicted molar refractivity (Wildman–Crippen MR) is 153 cm³/mol. The molecule has 2 fully saturated rings. The van der Waals surface area contributed by atoms with Crippen LogP contribution >= 0.6 is 0 Å². The molecule has 7 heterocycles. The number of likely N-dealkylation sites (N-methyl/N-ethyl adjacent to an activating group) is 1. The zero-order valence-corrected chi connectivity index (χ0v) is 22.2. The van der Waals surface area contributed by atoms with Gasteiger partial charge in [0.05, 0.1) is 52.9 Å². The molecule has 5 aromatic heterocycles. The molecule has 0 unspecified atom stereocenters. The lowest BCUT2D eigenvalue weighted by atomic mass is 10.1. The van der Waals surface area contributed by atoms with Crippen molar-refractivity contribution < 1.29 is 4.74 Å². The van der Waals surface area contributed by atoms with E-state index in [2.05, 4.69) is 64.0 Å². The number of hydrogen-bond donors (Lipinski definition) is 2. The molecular weight excluding hydrogens is 490 g/mol. The number of likely N-dealkylation sites (tertiary alicyclic amines) is 1. The summed E-state index contributed by atoms with van der Waals surface area (Å²) in [5.41, 5.74) is 6.62. The lowest BCUT2D eigenvalue weighted by molar-refractivity contribution is 0.237. The number of anilines is 1. The summed E-state index contributed by atoms with van der Waals surface area (Å²) < 4.78 is 6.03. The topological polar surface area (TPSA) is 102 Å². The molecule has 0 aromatic carbocycles. The van der Waals surface area contributed by atoms with Crippen molar-refractivity contribution in [3.8, 4) is 28.4 Å². The minimum absolute atomic E-state index is 0.662. The molecule has 2 saturated heterocycles. The van der Waals surface area contributed by atoms with Gasteiger partial charge in [-0.3, -0.25) is 25.0 Å². The van der Waals surface area contributed by atoms with Gasteiger partial charge in [0.2, 0.25) is 0 Å². The zero-order chi connectivity index (χ0) is 26.2. The van der Waals surface area contributed by atoms with Gasteiger partial charge in [-0.05, 0) is 51.2 Å². The molecule has 39 heavy (non-hydrogen) atoms. The summed E-state index contributed by atoms with van der Waals surface area (Å²) in [5.74, 6) is 0.764. The maximum absolute atomic E-state index is 6.03. The Morgan fingerprint density at radius 1 is 0.846 bits per heavy atom. The number of nitrogens with zero attached hydrogens (tertiary/aromatic N) is 7. The van der Waals surface area contributed by atoms with Crippen molar-refractivity contribution in [1.29, 1.82) is 0 Å². The predicted octanol–water partition coefficient (Wildman–Crippen LogP) is 3.79. The van der Waals surface area contributed by atoms with Crippen LogP contribution < -0.4 is 9.64 Å². The van der Waals surface area contributed by atoms with Gasteiger partial charge in [0.25, 0.3) is 0 Å². The van der Waals surface area contributed by atoms with Gasteiger partial charge in [0.15, 0.2) is 0 Å². The number of aromatic amines is 2. The highest BCUT2D eigenvalue weighted by atomic mass is 16.5. The van der Waals surface area contributed by atoms with Gasteiger partial charge in [-0.15, -0.1) is 0 Å². The Kier molecular flexibility index (Phi) is 6.34. The number of hydrogen-bond acceptors (Lipinski definition) is 8. The Labute approximate surface area is 227 Å². The summed E-state index contributed by atoms with van der Waals surface area (Å²) in [6, 6.07) is 6.28. The molecule has 10 heteroatoms. The summed E-state index contributed by atoms with van der Waals surface area (Å²) >= 11 is 0. The van der Waals surface area contributed by atoms with Crippen molar-refractivity contribution in [2.45, 2.75) is 12.8 Å². The fourth-order valence-corrected chi connectivity index (χ4v) is 5.68. The largest absolute Gasteiger partial charge is 0.491 e. The maximum atomic E-state index is 6.03. The standard InChI is InChI=1S/C29H33N9O/c1-36-6-8-38(9-7-36)28-19-31-17-26-22(28)13-25(33-26)29-23-14-24(32-18-27(23)34-35-29)20-12-21(16-30-15-20)39-11-10-37-4-2-3-5-37/h12-19,33H,2-11H2,1H3,(H,34,35). The van der Waals surface area contributed by atoms with Crippen molar-refractivity contribution in [3.05, 3.63) is 49.2 Å². The molecule has 2 N–H and O–H groups in total. The monoisotopic (exact) mass is 523 g/mol. The average molecular weight is 524 g/mol. The lowest BCUT2D eigenvalue weighted by Crippen LogP contribution is -2.44. The summed E-state index contributed by atoms with van der Waals surface area (Å²) in [6.45, 7) is 8.03. The van der Waals surface area contributed by atoms with Crippen LogP contribution in [0.15, 0.2) is 49.2 Å². The molecular formula is C29H33N9O. The van der Waals surface area contributed by atoms with Crippen molar-refractivity contribution >= 4 is 27.5 Å². The molecule has 0 bridgehead atoms. The summed E-state index contributed by atoms with van der Waals surface area (Å²) in [4.78, 5) is 24.4. The molecule has 0 radical (unpaired) electrons. The highest BCUT2D eigenvalue weighted by Crippen LogP contribution is 2.34. The molecule has 2 aliphatic rings. The van der Waals surface area contributed by atoms with Gasteiger partial charge in [-0.2, -0.15) is 5.10 Å². The Hall–Kier alpha value is -4.02. The van der Waals surface area contributed by atoms with Crippen molar-refractivity contribution in [2.75, 3.05) is 64.4 Å². The number of ether oxygens (including phenoxy) is 1. The van der Waals surface area contributed by atoms with E-state index in [9.17, 15) is 0 Å². The second-order valence-electron chi connectivity index (χ2n) is 10.6. The smallest absolute Gasteiger partial charge is 0.138 e. The minimum atomic E-state index is 0.662. The van der Waals surface area contributed by atoms with E-state index < -0.39 is 0 Å². The van der Waals surface area contributed by atoms with E-state index in [1.165, 1.54) is 25.9 Å². The van der Waals surface area contributed by atoms with Gasteiger partial charge in [-0.25, -0.2) is 0 Å². The Bertz CT molecular complexity index is 1600. The number of piperazine rings is 1. The third-order valence-electron chi connectivity index (χ3n) is 7.95. The molecule has 0 saturated carbocycles. The van der Waals surface area contributed by atoms with Gasteiger partial charge >= 0.3 is 0 Å². The van der Waals surface area contributed by atoms with Crippen LogP contribution in [0, 0.1) is 0 Å². The van der Waals surface area contributed by atoms with Crippen LogP contribution in [0.4, 0.5) is 5.69 Å². The first-order chi connectivity index (χ1) is 19.2. The van der Waals surface area contributed by atoms with Crippen LogP contribution in [-0.2, 0) is 0 Å². The Morgan fingerprint density at radius 3 is 2.56 bits per heavy atom. The highest BCUT2D eigenvalue weighted by Gasteiger charge is 2.20. The molecule has 7 rings (SSSR count). The van der Waals surface area contributed by atoms with Crippen molar-refractivity contribution in [2.24, 2.45) is 0 Å². The SMILES string of the molecule is CN1CCN(c2cncc3[nH]c(-c4n[nH]c5cnc(-c6cncc(OCCN7CCCC7)c6)cc45)cc23)CC1. The first-order valence-corrected chi connectivity index (χ1v) is 13.8. The number of nitrogens with one attached hydrogen (secondary N) is 2. The molecule has 10 nitrogen and oxygen atoms in total. The van der Waals surface area contributed by atoms with E-state index in [4.69, 9.17) is 4.74 Å². The first kappa shape index (κ1) is 24.1. The molecule has 2 aliphatic heterocycles. The van der Waals surface area contributed by atoms with Crippen LogP contribution in [0.2, 0.25) is 0 Å². The number of pyridine rings is 3. The third-order valence-corrected chi connectivity index (χ3v) is 7.95. The van der Waals surface area contributed by atoms with Crippen LogP contribution in [0.1, 0.15) is 12.8 Å². The van der Waals surface area contributed by atoms with E-state index in [0.717, 1.165) is 88.6 Å². The highest BCUT2D eigenvalue weighted by molar-refractivity contribution is 6.00. The van der Waals surface area contributed by atoms with E-state index in [1.54, 1.807) is 6.20 Å². The van der Waals surface area contributed by atoms with Gasteiger partial charge < -0.3 is 19.5 Å². The molecule has 0 amide bonds. The second kappa shape index (κ2) is 10.3. The van der Waals surface area contributed by atoms with Gasteiger partial charge in [0, 0.05) is 55.3 Å². The van der Waals surface area contributed by atoms with Crippen LogP contribution in [0.3, 0.4) is 0 Å². The van der Waals surface area contributed by atoms with Gasteiger partial charge in [0.1, 0.15) is 18.1 Å². The molecule has 0 atom stereocenters. The first-order valence-electron chi connectivity index (χ1n) is 13.8. The normalized spacial score (nSPS) is 17.0. The quantitative estimate of drug-likeness (QED) is 0.332. The fraction of sp³-hybridized carbons (Fsp3) is 0.379. The number of H-pyrrole nitrogens is 2. The minimum Gasteiger partial charge on any atom is -0.491 e. The number of aromatic nitrogens is 6. The fourth-order valence-electron chi connectivity index (χ4n) is 5.68. The van der Waals surface area contributed by atoms with E-state index >= 15 is 0 Å². The summed E-state index contributed by atoms with van der Waals surface area (Å²) in [6.07, 6.45) is 11.9. The van der Waals surface area contributed by atoms with E-state index in [1.807, 2.05) is 30.9 Å². The Morgan fingerprint density at radius 2 is 1.69 bits per heavy atom. The zero-order valence-electron chi connectivity index (χ0n) is 22.2. The number of rotatable bonds is 7. The average Bonchev–Trinajstić information content (AvgIpc) is 3.73. The van der Waals surface area contributed by atoms with E-state index in [-0.39, 0.29) is 0 Å². The van der Waals surface area contributed by atoms with Crippen molar-refractivity contribution in [3.63, 3.8) is 0 Å². The molecule has 0 spiro atoms. The van der Waals surface area contributed by atoms with E-state index in [0.29, 0.717) is 6.61 Å². The molecule has 200 valence electrons. The van der Waals surface area contributed by atoms with Crippen LogP contribution in [0.25, 0.3) is 44.5 Å². The molecule has 0 aliphatic carbocycles. The summed E-state index contributed by atoms with van der Waals surface area (Å²) in [7, 11) is 2.17. The van der Waals surface area contributed by atoms with Gasteiger partial charge in [-0.1, -0.05) is 0 Å². The van der Waals surface area contributed by atoms with Crippen LogP contribution in [-0.4, -0.2) is 99.4 Å². The maximum Gasteiger partial charge on any atom is 0.138 e. The van der Waals surface area contributed by atoms with Crippen molar-refractivity contribution in [1.82, 2.24) is 39.9 Å². The third kappa shape index (κ3) is 4.81. The second-order valence-corrected chi connectivity index (χ2v) is 10.6. The Balaban J connectivity index is 1.17.